The molecule has 0 saturated carbocycles. The van der Waals surface area contributed by atoms with Crippen molar-refractivity contribution < 1.29 is 18.0 Å². The normalized spacial score (nSPS) is 21.9. The minimum Gasteiger partial charge on any atom is -0.339 e. The summed E-state index contributed by atoms with van der Waals surface area (Å²) >= 11 is 6.24. The Hall–Kier alpha value is -2.13. The first kappa shape index (κ1) is 25.0. The van der Waals surface area contributed by atoms with Gasteiger partial charge in [0.25, 0.3) is 0 Å². The van der Waals surface area contributed by atoms with Crippen molar-refractivity contribution in [1.82, 2.24) is 20.0 Å². The summed E-state index contributed by atoms with van der Waals surface area (Å²) in [4.78, 5) is 19.6. The number of carbonyl (C=O) groups excluding carboxylic acids is 1. The highest BCUT2D eigenvalue weighted by atomic mass is 35.5. The van der Waals surface area contributed by atoms with Gasteiger partial charge in [0.2, 0.25) is 5.91 Å². The van der Waals surface area contributed by atoms with Crippen molar-refractivity contribution in [2.45, 2.75) is 37.8 Å². The van der Waals surface area contributed by atoms with Gasteiger partial charge in [-0.15, -0.1) is 0 Å². The van der Waals surface area contributed by atoms with Crippen LogP contribution in [0.2, 0.25) is 5.02 Å². The summed E-state index contributed by atoms with van der Waals surface area (Å²) in [5, 5.41) is 3.59. The summed E-state index contributed by atoms with van der Waals surface area (Å²) in [5.41, 5.74) is 0.861. The Labute approximate surface area is 203 Å². The molecule has 1 N–H and O–H groups in total. The first-order valence-electron chi connectivity index (χ1n) is 11.6. The SMILES string of the molecule is CN(Cc1cc(C(F)(F)F)ccc1Cl)C1CC(C(=O)N2CCNCC2)N(Cc2ccccc2)C1. The minimum absolute atomic E-state index is 0.0196. The molecule has 9 heteroatoms. The van der Waals surface area contributed by atoms with Crippen LogP contribution in [0.25, 0.3) is 0 Å². The van der Waals surface area contributed by atoms with E-state index in [4.69, 9.17) is 11.6 Å². The molecule has 2 aromatic carbocycles. The molecule has 2 unspecified atom stereocenters. The quantitative estimate of drug-likeness (QED) is 0.662. The van der Waals surface area contributed by atoms with E-state index in [0.717, 1.165) is 30.8 Å². The molecule has 2 fully saturated rings. The van der Waals surface area contributed by atoms with Crippen LogP contribution in [-0.2, 0) is 24.1 Å². The third-order valence-corrected chi connectivity index (χ3v) is 7.11. The number of halogens is 4. The van der Waals surface area contributed by atoms with Gasteiger partial charge >= 0.3 is 6.18 Å². The van der Waals surface area contributed by atoms with Gasteiger partial charge in [-0.05, 0) is 42.8 Å². The maximum atomic E-state index is 13.4. The number of likely N-dealkylation sites (tertiary alicyclic amines) is 1. The van der Waals surface area contributed by atoms with Gasteiger partial charge in [0.1, 0.15) is 0 Å². The number of benzene rings is 2. The van der Waals surface area contributed by atoms with E-state index in [0.29, 0.717) is 43.2 Å². The minimum atomic E-state index is -4.42. The van der Waals surface area contributed by atoms with Crippen LogP contribution in [0.3, 0.4) is 0 Å². The average molecular weight is 495 g/mol. The van der Waals surface area contributed by atoms with Gasteiger partial charge in [0.15, 0.2) is 0 Å². The smallest absolute Gasteiger partial charge is 0.339 e. The molecular weight excluding hydrogens is 465 g/mol. The lowest BCUT2D eigenvalue weighted by atomic mass is 10.1. The molecule has 2 saturated heterocycles. The van der Waals surface area contributed by atoms with Crippen LogP contribution in [0.15, 0.2) is 48.5 Å². The zero-order chi connectivity index (χ0) is 24.3. The summed E-state index contributed by atoms with van der Waals surface area (Å²) in [6.45, 7) is 4.54. The molecule has 0 spiro atoms. The van der Waals surface area contributed by atoms with Crippen LogP contribution in [-0.4, -0.2) is 72.5 Å². The Kier molecular flexibility index (Phi) is 7.82. The summed E-state index contributed by atoms with van der Waals surface area (Å²) in [6, 6.07) is 13.2. The molecule has 2 heterocycles. The predicted octanol–water partition coefficient (Wildman–Crippen LogP) is 3.87. The lowest BCUT2D eigenvalue weighted by Crippen LogP contribution is -2.52. The van der Waals surface area contributed by atoms with E-state index in [-0.39, 0.29) is 24.5 Å². The Morgan fingerprint density at radius 2 is 1.85 bits per heavy atom. The lowest BCUT2D eigenvalue weighted by Gasteiger charge is -2.32. The van der Waals surface area contributed by atoms with E-state index < -0.39 is 11.7 Å². The van der Waals surface area contributed by atoms with Gasteiger partial charge in [0, 0.05) is 56.9 Å². The molecule has 34 heavy (non-hydrogen) atoms. The molecule has 0 bridgehead atoms. The van der Waals surface area contributed by atoms with Gasteiger partial charge in [-0.3, -0.25) is 14.6 Å². The van der Waals surface area contributed by atoms with Crippen molar-refractivity contribution in [2.75, 3.05) is 39.8 Å². The Bertz CT molecular complexity index is 982. The monoisotopic (exact) mass is 494 g/mol. The maximum Gasteiger partial charge on any atom is 0.416 e. The standard InChI is InChI=1S/C25H30ClF3N4O/c1-31(16-19-13-20(25(27,28)29)7-8-22(19)26)21-14-23(24(34)32-11-9-30-10-12-32)33(17-21)15-18-5-3-2-4-6-18/h2-8,13,21,23,30H,9-12,14-17H2,1H3. The van der Waals surface area contributed by atoms with Gasteiger partial charge in [-0.25, -0.2) is 0 Å². The maximum absolute atomic E-state index is 13.4. The van der Waals surface area contributed by atoms with E-state index in [1.165, 1.54) is 6.07 Å². The largest absolute Gasteiger partial charge is 0.416 e. The Morgan fingerprint density at radius 3 is 2.53 bits per heavy atom. The first-order valence-corrected chi connectivity index (χ1v) is 11.9. The molecule has 0 aliphatic carbocycles. The fourth-order valence-electron chi connectivity index (χ4n) is 4.81. The summed E-state index contributed by atoms with van der Waals surface area (Å²) in [7, 11) is 1.89. The number of hydrogen-bond acceptors (Lipinski definition) is 4. The van der Waals surface area contributed by atoms with Crippen molar-refractivity contribution >= 4 is 17.5 Å². The van der Waals surface area contributed by atoms with Crippen molar-refractivity contribution in [2.24, 2.45) is 0 Å². The zero-order valence-corrected chi connectivity index (χ0v) is 19.9. The highest BCUT2D eigenvalue weighted by Crippen LogP contribution is 2.33. The highest BCUT2D eigenvalue weighted by molar-refractivity contribution is 6.31. The van der Waals surface area contributed by atoms with E-state index in [1.807, 2.05) is 47.2 Å². The Balaban J connectivity index is 1.51. The summed E-state index contributed by atoms with van der Waals surface area (Å²) in [6.07, 6.45) is -3.79. The van der Waals surface area contributed by atoms with E-state index >= 15 is 0 Å². The summed E-state index contributed by atoms with van der Waals surface area (Å²) in [5.74, 6) is 0.130. The van der Waals surface area contributed by atoms with Crippen LogP contribution in [0.5, 0.6) is 0 Å². The van der Waals surface area contributed by atoms with Crippen LogP contribution in [0.1, 0.15) is 23.1 Å². The molecule has 4 rings (SSSR count). The predicted molar refractivity (Wildman–Crippen MR) is 126 cm³/mol. The second-order valence-electron chi connectivity index (χ2n) is 9.11. The molecule has 2 atom stereocenters. The van der Waals surface area contributed by atoms with Crippen LogP contribution < -0.4 is 5.32 Å². The number of carbonyl (C=O) groups is 1. The molecule has 0 aromatic heterocycles. The fourth-order valence-corrected chi connectivity index (χ4v) is 4.99. The number of alkyl halides is 3. The second-order valence-corrected chi connectivity index (χ2v) is 9.52. The number of likely N-dealkylation sites (N-methyl/N-ethyl adjacent to an activating group) is 1. The molecule has 2 aliphatic heterocycles. The van der Waals surface area contributed by atoms with Crippen molar-refractivity contribution in [3.63, 3.8) is 0 Å². The van der Waals surface area contributed by atoms with Gasteiger partial charge < -0.3 is 10.2 Å². The van der Waals surface area contributed by atoms with Gasteiger partial charge in [0.05, 0.1) is 11.6 Å². The third kappa shape index (κ3) is 5.92. The second kappa shape index (κ2) is 10.6. The molecular formula is C25H30ClF3N4O. The van der Waals surface area contributed by atoms with Crippen LogP contribution >= 0.6 is 11.6 Å². The fraction of sp³-hybridized carbons (Fsp3) is 0.480. The molecule has 0 radical (unpaired) electrons. The summed E-state index contributed by atoms with van der Waals surface area (Å²) < 4.78 is 39.6. The first-order chi connectivity index (χ1) is 16.2. The zero-order valence-electron chi connectivity index (χ0n) is 19.2. The lowest BCUT2D eigenvalue weighted by molar-refractivity contribution is -0.138. The van der Waals surface area contributed by atoms with E-state index in [1.54, 1.807) is 0 Å². The Morgan fingerprint density at radius 1 is 1.15 bits per heavy atom. The van der Waals surface area contributed by atoms with E-state index in [2.05, 4.69) is 10.2 Å². The van der Waals surface area contributed by atoms with Crippen molar-refractivity contribution in [1.29, 1.82) is 0 Å². The number of hydrogen-bond donors (Lipinski definition) is 1. The molecule has 2 aliphatic rings. The van der Waals surface area contributed by atoms with Gasteiger partial charge in [-0.2, -0.15) is 13.2 Å². The number of piperazine rings is 1. The number of nitrogens with one attached hydrogen (secondary N) is 1. The highest BCUT2D eigenvalue weighted by Gasteiger charge is 2.40. The van der Waals surface area contributed by atoms with E-state index in [9.17, 15) is 18.0 Å². The molecule has 2 aromatic rings. The number of amides is 1. The average Bonchev–Trinajstić information content (AvgIpc) is 3.24. The molecule has 5 nitrogen and oxygen atoms in total. The van der Waals surface area contributed by atoms with Crippen molar-refractivity contribution in [3.05, 3.63) is 70.2 Å². The van der Waals surface area contributed by atoms with Gasteiger partial charge in [-0.1, -0.05) is 41.9 Å². The van der Waals surface area contributed by atoms with Crippen molar-refractivity contribution in [3.8, 4) is 0 Å². The topological polar surface area (TPSA) is 38.8 Å². The molecule has 1 amide bonds. The number of nitrogens with zero attached hydrogens (tertiary/aromatic N) is 3. The van der Waals surface area contributed by atoms with Crippen LogP contribution in [0, 0.1) is 0 Å². The third-order valence-electron chi connectivity index (χ3n) is 6.74. The molecule has 184 valence electrons. The van der Waals surface area contributed by atoms with Crippen LogP contribution in [0.4, 0.5) is 13.2 Å². The number of rotatable bonds is 6.